The molecule has 0 saturated heterocycles. The lowest BCUT2D eigenvalue weighted by molar-refractivity contribution is 0.120. The van der Waals surface area contributed by atoms with Crippen LogP contribution in [0.1, 0.15) is 12.5 Å². The zero-order valence-corrected chi connectivity index (χ0v) is 8.38. The monoisotopic (exact) mass is 201 g/mol. The highest BCUT2D eigenvalue weighted by molar-refractivity contribution is 6.29. The Morgan fingerprint density at radius 2 is 2.31 bits per heavy atom. The van der Waals surface area contributed by atoms with Gasteiger partial charge in [-0.25, -0.2) is 4.98 Å². The van der Waals surface area contributed by atoms with Gasteiger partial charge < -0.3 is 9.84 Å². The molecule has 0 bridgehead atoms. The molecule has 0 fully saturated rings. The van der Waals surface area contributed by atoms with E-state index in [1.54, 1.807) is 19.1 Å². The van der Waals surface area contributed by atoms with E-state index in [0.29, 0.717) is 11.0 Å². The van der Waals surface area contributed by atoms with Gasteiger partial charge in [-0.15, -0.1) is 0 Å². The smallest absolute Gasteiger partial charge is 0.214 e. The van der Waals surface area contributed by atoms with E-state index in [9.17, 15) is 0 Å². The number of ether oxygens (including phenoxy) is 1. The summed E-state index contributed by atoms with van der Waals surface area (Å²) >= 11 is 5.71. The Bertz CT molecular complexity index is 269. The SMILES string of the molecule is Cc1cc(Cl)nc(OC[C@@H](C)O)c1. The third-order valence-corrected chi connectivity index (χ3v) is 1.58. The average Bonchev–Trinajstić information content (AvgIpc) is 1.99. The molecule has 1 aromatic heterocycles. The van der Waals surface area contributed by atoms with Gasteiger partial charge in [-0.05, 0) is 25.5 Å². The van der Waals surface area contributed by atoms with E-state index in [1.165, 1.54) is 0 Å². The number of aliphatic hydroxyl groups is 1. The predicted molar refractivity (Wildman–Crippen MR) is 51.2 cm³/mol. The van der Waals surface area contributed by atoms with E-state index in [-0.39, 0.29) is 6.61 Å². The van der Waals surface area contributed by atoms with Crippen molar-refractivity contribution in [3.8, 4) is 5.88 Å². The van der Waals surface area contributed by atoms with Crippen LogP contribution in [-0.4, -0.2) is 22.8 Å². The van der Waals surface area contributed by atoms with Crippen molar-refractivity contribution >= 4 is 11.6 Å². The molecule has 0 aromatic carbocycles. The average molecular weight is 202 g/mol. The summed E-state index contributed by atoms with van der Waals surface area (Å²) in [6.07, 6.45) is -0.499. The Balaban J connectivity index is 2.66. The summed E-state index contributed by atoms with van der Waals surface area (Å²) in [5.41, 5.74) is 0.987. The maximum atomic E-state index is 8.97. The second-order valence-corrected chi connectivity index (χ2v) is 3.35. The van der Waals surface area contributed by atoms with Gasteiger partial charge in [0.1, 0.15) is 11.8 Å². The first-order valence-corrected chi connectivity index (χ1v) is 4.41. The molecule has 0 aliphatic heterocycles. The highest BCUT2D eigenvalue weighted by Gasteiger charge is 2.01. The lowest BCUT2D eigenvalue weighted by Crippen LogP contribution is -2.13. The van der Waals surface area contributed by atoms with Crippen LogP contribution in [0.15, 0.2) is 12.1 Å². The number of rotatable bonds is 3. The third-order valence-electron chi connectivity index (χ3n) is 1.39. The van der Waals surface area contributed by atoms with Crippen molar-refractivity contribution in [1.29, 1.82) is 0 Å². The van der Waals surface area contributed by atoms with Gasteiger partial charge in [0.25, 0.3) is 0 Å². The third kappa shape index (κ3) is 3.61. The van der Waals surface area contributed by atoms with Gasteiger partial charge >= 0.3 is 0 Å². The molecule has 72 valence electrons. The van der Waals surface area contributed by atoms with Gasteiger partial charge in [0, 0.05) is 6.07 Å². The van der Waals surface area contributed by atoms with E-state index >= 15 is 0 Å². The first-order chi connectivity index (χ1) is 6.08. The molecule has 13 heavy (non-hydrogen) atoms. The van der Waals surface area contributed by atoms with Crippen molar-refractivity contribution in [2.24, 2.45) is 0 Å². The molecule has 0 aliphatic carbocycles. The van der Waals surface area contributed by atoms with E-state index in [4.69, 9.17) is 21.4 Å². The zero-order chi connectivity index (χ0) is 9.84. The quantitative estimate of drug-likeness (QED) is 0.759. The van der Waals surface area contributed by atoms with Crippen molar-refractivity contribution in [2.45, 2.75) is 20.0 Å². The molecule has 0 amide bonds. The largest absolute Gasteiger partial charge is 0.475 e. The minimum Gasteiger partial charge on any atom is -0.475 e. The second kappa shape index (κ2) is 4.44. The van der Waals surface area contributed by atoms with Crippen molar-refractivity contribution < 1.29 is 9.84 Å². The van der Waals surface area contributed by atoms with Crippen molar-refractivity contribution in [1.82, 2.24) is 4.98 Å². The Hall–Kier alpha value is -0.800. The van der Waals surface area contributed by atoms with Crippen LogP contribution < -0.4 is 4.74 Å². The molecule has 0 saturated carbocycles. The molecule has 0 unspecified atom stereocenters. The van der Waals surface area contributed by atoms with Crippen LogP contribution in [0.3, 0.4) is 0 Å². The predicted octanol–water partition coefficient (Wildman–Crippen LogP) is 1.80. The van der Waals surface area contributed by atoms with Gasteiger partial charge in [0.15, 0.2) is 0 Å². The van der Waals surface area contributed by atoms with Gasteiger partial charge in [-0.2, -0.15) is 0 Å². The van der Waals surface area contributed by atoms with Crippen molar-refractivity contribution in [2.75, 3.05) is 6.61 Å². The van der Waals surface area contributed by atoms with Crippen LogP contribution in [0.25, 0.3) is 0 Å². The fourth-order valence-corrected chi connectivity index (χ4v) is 1.13. The number of hydrogen-bond acceptors (Lipinski definition) is 3. The van der Waals surface area contributed by atoms with E-state index in [2.05, 4.69) is 4.98 Å². The fraction of sp³-hybridized carbons (Fsp3) is 0.444. The summed E-state index contributed by atoms with van der Waals surface area (Å²) in [5.74, 6) is 0.450. The molecular formula is C9H12ClNO2. The highest BCUT2D eigenvalue weighted by Crippen LogP contribution is 2.15. The Labute approximate surface area is 82.3 Å². The number of aromatic nitrogens is 1. The molecule has 1 rings (SSSR count). The van der Waals surface area contributed by atoms with Gasteiger partial charge in [-0.3, -0.25) is 0 Å². The fourth-order valence-electron chi connectivity index (χ4n) is 0.874. The first kappa shape index (κ1) is 10.3. The summed E-state index contributed by atoms with van der Waals surface area (Å²) in [6.45, 7) is 3.78. The Morgan fingerprint density at radius 1 is 1.62 bits per heavy atom. The van der Waals surface area contributed by atoms with Crippen molar-refractivity contribution in [3.05, 3.63) is 22.8 Å². The number of aryl methyl sites for hydroxylation is 1. The Morgan fingerprint density at radius 3 is 2.85 bits per heavy atom. The molecule has 4 heteroatoms. The summed E-state index contributed by atoms with van der Waals surface area (Å²) in [5, 5.41) is 9.37. The Kier molecular flexibility index (Phi) is 3.51. The molecule has 1 atom stereocenters. The summed E-state index contributed by atoms with van der Waals surface area (Å²) in [6, 6.07) is 3.52. The van der Waals surface area contributed by atoms with Crippen LogP contribution in [0.2, 0.25) is 5.15 Å². The van der Waals surface area contributed by atoms with Crippen LogP contribution in [0.4, 0.5) is 0 Å². The number of halogens is 1. The molecule has 0 spiro atoms. The topological polar surface area (TPSA) is 42.4 Å². The van der Waals surface area contributed by atoms with Crippen LogP contribution in [0, 0.1) is 6.92 Å². The lowest BCUT2D eigenvalue weighted by Gasteiger charge is -2.07. The normalized spacial score (nSPS) is 12.6. The number of nitrogens with zero attached hydrogens (tertiary/aromatic N) is 1. The van der Waals surface area contributed by atoms with Gasteiger partial charge in [0.2, 0.25) is 5.88 Å². The zero-order valence-electron chi connectivity index (χ0n) is 7.62. The van der Waals surface area contributed by atoms with Crippen LogP contribution in [0.5, 0.6) is 5.88 Å². The maximum Gasteiger partial charge on any atom is 0.214 e. The lowest BCUT2D eigenvalue weighted by atomic mass is 10.3. The highest BCUT2D eigenvalue weighted by atomic mass is 35.5. The molecule has 1 heterocycles. The van der Waals surface area contributed by atoms with E-state index in [1.807, 2.05) is 6.92 Å². The first-order valence-electron chi connectivity index (χ1n) is 4.03. The molecule has 0 aliphatic rings. The van der Waals surface area contributed by atoms with E-state index in [0.717, 1.165) is 5.56 Å². The maximum absolute atomic E-state index is 8.97. The van der Waals surface area contributed by atoms with Crippen LogP contribution in [-0.2, 0) is 0 Å². The molecule has 3 nitrogen and oxygen atoms in total. The summed E-state index contributed by atoms with van der Waals surface area (Å²) < 4.78 is 5.18. The van der Waals surface area contributed by atoms with E-state index < -0.39 is 6.10 Å². The van der Waals surface area contributed by atoms with Crippen LogP contribution >= 0.6 is 11.6 Å². The minimum absolute atomic E-state index is 0.229. The molecular weight excluding hydrogens is 190 g/mol. The molecule has 1 aromatic rings. The van der Waals surface area contributed by atoms with Gasteiger partial charge in [0.05, 0.1) is 6.10 Å². The molecule has 0 radical (unpaired) electrons. The minimum atomic E-state index is -0.499. The number of aliphatic hydroxyl groups excluding tert-OH is 1. The number of hydrogen-bond donors (Lipinski definition) is 1. The summed E-state index contributed by atoms with van der Waals surface area (Å²) in [7, 11) is 0. The second-order valence-electron chi connectivity index (χ2n) is 2.97. The van der Waals surface area contributed by atoms with Gasteiger partial charge in [-0.1, -0.05) is 11.6 Å². The summed E-state index contributed by atoms with van der Waals surface area (Å²) in [4.78, 5) is 3.94. The van der Waals surface area contributed by atoms with Crippen molar-refractivity contribution in [3.63, 3.8) is 0 Å². The standard InChI is InChI=1S/C9H12ClNO2/c1-6-3-8(10)11-9(4-6)13-5-7(2)12/h3-4,7,12H,5H2,1-2H3/t7-/m1/s1. The molecule has 1 N–H and O–H groups in total. The number of pyridine rings is 1.